The molecule has 0 atom stereocenters. The minimum absolute atomic E-state index is 0.0186. The van der Waals surface area contributed by atoms with E-state index in [0.717, 1.165) is 0 Å². The first-order chi connectivity index (χ1) is 10.0. The number of amidine groups is 1. The molecule has 0 unspecified atom stereocenters. The molecule has 1 heterocycles. The van der Waals surface area contributed by atoms with Gasteiger partial charge in [0.05, 0.1) is 5.69 Å². The van der Waals surface area contributed by atoms with Crippen LogP contribution in [0.1, 0.15) is 21.6 Å². The molecule has 2 aromatic rings. The number of nitrogens with zero attached hydrogens (tertiary/aromatic N) is 1. The Balaban J connectivity index is 2.34. The predicted molar refractivity (Wildman–Crippen MR) is 78.7 cm³/mol. The summed E-state index contributed by atoms with van der Waals surface area (Å²) >= 11 is 0. The van der Waals surface area contributed by atoms with Gasteiger partial charge < -0.3 is 21.2 Å². The lowest BCUT2D eigenvalue weighted by molar-refractivity contribution is 0.102. The van der Waals surface area contributed by atoms with E-state index in [1.165, 1.54) is 12.3 Å². The van der Waals surface area contributed by atoms with Crippen molar-refractivity contribution in [3.8, 4) is 0 Å². The van der Waals surface area contributed by atoms with E-state index < -0.39 is 5.91 Å². The zero-order chi connectivity index (χ0) is 15.4. The van der Waals surface area contributed by atoms with Crippen molar-refractivity contribution in [1.29, 1.82) is 0 Å². The van der Waals surface area contributed by atoms with Crippen LogP contribution in [0.3, 0.4) is 0 Å². The summed E-state index contributed by atoms with van der Waals surface area (Å²) in [6, 6.07) is 7.88. The Morgan fingerprint density at radius 1 is 1.33 bits per heavy atom. The Hall–Kier alpha value is -3.09. The monoisotopic (exact) mass is 286 g/mol. The number of oxime groups is 1. The van der Waals surface area contributed by atoms with Crippen molar-refractivity contribution >= 4 is 17.4 Å². The Bertz CT molecular complexity index is 765. The second kappa shape index (κ2) is 5.91. The van der Waals surface area contributed by atoms with Crippen molar-refractivity contribution < 1.29 is 10.0 Å². The summed E-state index contributed by atoms with van der Waals surface area (Å²) in [5, 5.41) is 14.2. The van der Waals surface area contributed by atoms with Crippen molar-refractivity contribution in [3.05, 3.63) is 63.6 Å². The molecule has 1 aromatic carbocycles. The number of anilines is 1. The van der Waals surface area contributed by atoms with Crippen LogP contribution >= 0.6 is 0 Å². The average molecular weight is 286 g/mol. The fourth-order valence-electron chi connectivity index (χ4n) is 1.81. The Morgan fingerprint density at radius 3 is 2.71 bits per heavy atom. The molecule has 0 aliphatic rings. The van der Waals surface area contributed by atoms with Crippen LogP contribution in [-0.2, 0) is 0 Å². The van der Waals surface area contributed by atoms with Crippen molar-refractivity contribution in [1.82, 2.24) is 4.98 Å². The first-order valence-electron chi connectivity index (χ1n) is 6.10. The van der Waals surface area contributed by atoms with Crippen LogP contribution in [0.5, 0.6) is 0 Å². The largest absolute Gasteiger partial charge is 0.409 e. The lowest BCUT2D eigenvalue weighted by atomic mass is 10.1. The summed E-state index contributed by atoms with van der Waals surface area (Å²) in [6.07, 6.45) is 1.35. The van der Waals surface area contributed by atoms with Crippen LogP contribution in [0.25, 0.3) is 0 Å². The van der Waals surface area contributed by atoms with Crippen molar-refractivity contribution in [2.45, 2.75) is 6.92 Å². The van der Waals surface area contributed by atoms with Crippen LogP contribution in [0, 0.1) is 6.92 Å². The van der Waals surface area contributed by atoms with Gasteiger partial charge in [0, 0.05) is 23.5 Å². The van der Waals surface area contributed by atoms with Gasteiger partial charge >= 0.3 is 0 Å². The summed E-state index contributed by atoms with van der Waals surface area (Å²) in [6.45, 7) is 1.72. The molecule has 0 bridgehead atoms. The van der Waals surface area contributed by atoms with E-state index in [2.05, 4.69) is 15.5 Å². The van der Waals surface area contributed by atoms with Gasteiger partial charge in [-0.3, -0.25) is 9.59 Å². The molecular weight excluding hydrogens is 272 g/mol. The molecule has 0 saturated carbocycles. The highest BCUT2D eigenvalue weighted by Crippen LogP contribution is 2.15. The molecule has 1 aromatic heterocycles. The molecule has 0 aliphatic heterocycles. The molecule has 0 fully saturated rings. The number of carbonyl (C=O) groups excluding carboxylic acids is 1. The molecule has 21 heavy (non-hydrogen) atoms. The zero-order valence-electron chi connectivity index (χ0n) is 11.3. The SMILES string of the molecule is Cc1cc(=O)c(C(=O)Nc2ccccc2/C(N)=N/O)c[nH]1. The van der Waals surface area contributed by atoms with Crippen molar-refractivity contribution in [2.24, 2.45) is 10.9 Å². The van der Waals surface area contributed by atoms with Gasteiger partial charge in [0.15, 0.2) is 11.3 Å². The van der Waals surface area contributed by atoms with Crippen molar-refractivity contribution in [3.63, 3.8) is 0 Å². The van der Waals surface area contributed by atoms with Gasteiger partial charge in [-0.2, -0.15) is 0 Å². The molecule has 0 saturated heterocycles. The average Bonchev–Trinajstić information content (AvgIpc) is 2.46. The molecule has 0 aliphatic carbocycles. The number of hydrogen-bond acceptors (Lipinski definition) is 4. The summed E-state index contributed by atoms with van der Waals surface area (Å²) < 4.78 is 0. The van der Waals surface area contributed by atoms with E-state index in [9.17, 15) is 9.59 Å². The number of carbonyl (C=O) groups is 1. The predicted octanol–water partition coefficient (Wildman–Crippen LogP) is 1.03. The minimum atomic E-state index is -0.575. The summed E-state index contributed by atoms with van der Waals surface area (Å²) in [5.74, 6) is -0.710. The van der Waals surface area contributed by atoms with E-state index in [-0.39, 0.29) is 16.8 Å². The smallest absolute Gasteiger partial charge is 0.261 e. The second-order valence-corrected chi connectivity index (χ2v) is 4.38. The normalized spacial score (nSPS) is 11.2. The van der Waals surface area contributed by atoms with Crippen LogP contribution < -0.4 is 16.5 Å². The number of aromatic nitrogens is 1. The molecule has 0 spiro atoms. The van der Waals surface area contributed by atoms with Crippen LogP contribution in [0.15, 0.2) is 46.5 Å². The van der Waals surface area contributed by atoms with E-state index in [1.807, 2.05) is 0 Å². The molecule has 2 rings (SSSR count). The van der Waals surface area contributed by atoms with Gasteiger partial charge in [0.2, 0.25) is 0 Å². The van der Waals surface area contributed by atoms with Gasteiger partial charge in [-0.25, -0.2) is 0 Å². The van der Waals surface area contributed by atoms with Crippen LogP contribution in [0.2, 0.25) is 0 Å². The fourth-order valence-corrected chi connectivity index (χ4v) is 1.81. The van der Waals surface area contributed by atoms with Gasteiger partial charge in [-0.1, -0.05) is 17.3 Å². The number of hydrogen-bond donors (Lipinski definition) is 4. The van der Waals surface area contributed by atoms with Crippen molar-refractivity contribution in [2.75, 3.05) is 5.32 Å². The third-order valence-corrected chi connectivity index (χ3v) is 2.86. The highest BCUT2D eigenvalue weighted by molar-refractivity contribution is 6.09. The quantitative estimate of drug-likeness (QED) is 0.291. The van der Waals surface area contributed by atoms with Gasteiger partial charge in [0.25, 0.3) is 5.91 Å². The number of aryl methyl sites for hydroxylation is 1. The number of amides is 1. The van der Waals surface area contributed by atoms with Crippen LogP contribution in [0.4, 0.5) is 5.69 Å². The molecule has 7 heteroatoms. The molecule has 5 N–H and O–H groups in total. The summed E-state index contributed by atoms with van der Waals surface area (Å²) in [5.41, 5.74) is 6.50. The third kappa shape index (κ3) is 3.08. The fraction of sp³-hybridized carbons (Fsp3) is 0.0714. The first-order valence-corrected chi connectivity index (χ1v) is 6.10. The lowest BCUT2D eigenvalue weighted by Crippen LogP contribution is -2.23. The molecular formula is C14H14N4O3. The lowest BCUT2D eigenvalue weighted by Gasteiger charge is -2.09. The topological polar surface area (TPSA) is 121 Å². The highest BCUT2D eigenvalue weighted by atomic mass is 16.4. The highest BCUT2D eigenvalue weighted by Gasteiger charge is 2.13. The Morgan fingerprint density at radius 2 is 2.05 bits per heavy atom. The standard InChI is InChI=1S/C14H14N4O3/c1-8-6-12(19)10(7-16-8)14(20)17-11-5-3-2-4-9(11)13(15)18-21/h2-7,21H,1H3,(H2,15,18)(H,16,19)(H,17,20). The van der Waals surface area contributed by atoms with E-state index in [1.54, 1.807) is 31.2 Å². The molecule has 7 nitrogen and oxygen atoms in total. The number of nitrogens with two attached hydrogens (primary N) is 1. The number of pyridine rings is 1. The van der Waals surface area contributed by atoms with Gasteiger partial charge in [-0.15, -0.1) is 0 Å². The van der Waals surface area contributed by atoms with Gasteiger partial charge in [0.1, 0.15) is 5.56 Å². The first kappa shape index (κ1) is 14.3. The maximum Gasteiger partial charge on any atom is 0.261 e. The number of benzene rings is 1. The number of aromatic amines is 1. The number of H-pyrrole nitrogens is 1. The number of nitrogens with one attached hydrogen (secondary N) is 2. The Kier molecular flexibility index (Phi) is 4.03. The van der Waals surface area contributed by atoms with E-state index in [4.69, 9.17) is 10.9 Å². The zero-order valence-corrected chi connectivity index (χ0v) is 11.3. The number of rotatable bonds is 3. The van der Waals surface area contributed by atoms with E-state index in [0.29, 0.717) is 16.9 Å². The van der Waals surface area contributed by atoms with E-state index >= 15 is 0 Å². The molecule has 108 valence electrons. The third-order valence-electron chi connectivity index (χ3n) is 2.86. The Labute approximate surface area is 120 Å². The minimum Gasteiger partial charge on any atom is -0.409 e. The summed E-state index contributed by atoms with van der Waals surface area (Å²) in [4.78, 5) is 26.7. The molecule has 0 radical (unpaired) electrons. The maximum absolute atomic E-state index is 12.1. The van der Waals surface area contributed by atoms with Crippen LogP contribution in [-0.4, -0.2) is 21.9 Å². The molecule has 1 amide bonds. The van der Waals surface area contributed by atoms with Gasteiger partial charge in [-0.05, 0) is 19.1 Å². The number of para-hydroxylation sites is 1. The second-order valence-electron chi connectivity index (χ2n) is 4.38. The summed E-state index contributed by atoms with van der Waals surface area (Å²) in [7, 11) is 0. The maximum atomic E-state index is 12.1.